The smallest absolute Gasteiger partial charge is 0.348 e. The van der Waals surface area contributed by atoms with E-state index in [-0.39, 0.29) is 19.0 Å². The van der Waals surface area contributed by atoms with Crippen molar-refractivity contribution in [2.24, 2.45) is 5.73 Å². The number of alkyl halides is 3. The topological polar surface area (TPSA) is 101 Å². The summed E-state index contributed by atoms with van der Waals surface area (Å²) in [5.74, 6) is -0.660. The van der Waals surface area contributed by atoms with Crippen molar-refractivity contribution in [3.63, 3.8) is 0 Å². The minimum atomic E-state index is -4.84. The number of hydrogen-bond acceptors (Lipinski definition) is 4. The number of nitrogens with two attached hydrogens (primary N) is 1. The highest BCUT2D eigenvalue weighted by Gasteiger charge is 2.38. The van der Waals surface area contributed by atoms with Crippen LogP contribution in [0, 0.1) is 0 Å². The van der Waals surface area contributed by atoms with Crippen LogP contribution in [0.4, 0.5) is 13.2 Å². The van der Waals surface area contributed by atoms with Crippen LogP contribution in [0.1, 0.15) is 39.2 Å². The molecule has 0 saturated heterocycles. The summed E-state index contributed by atoms with van der Waals surface area (Å²) in [5.41, 5.74) is 3.70. The van der Waals surface area contributed by atoms with E-state index in [1.807, 2.05) is 18.6 Å². The molecule has 27 heavy (non-hydrogen) atoms. The van der Waals surface area contributed by atoms with Gasteiger partial charge in [0.25, 0.3) is 0 Å². The van der Waals surface area contributed by atoms with Gasteiger partial charge in [0.05, 0.1) is 22.0 Å². The van der Waals surface area contributed by atoms with Crippen molar-refractivity contribution in [1.29, 1.82) is 0 Å². The monoisotopic (exact) mass is 431 g/mol. The van der Waals surface area contributed by atoms with Gasteiger partial charge in [-0.25, -0.2) is 8.42 Å². The van der Waals surface area contributed by atoms with Gasteiger partial charge in [0.1, 0.15) is 0 Å². The van der Waals surface area contributed by atoms with Crippen LogP contribution in [0.25, 0.3) is 0 Å². The lowest BCUT2D eigenvalue weighted by atomic mass is 9.92. The predicted molar refractivity (Wildman–Crippen MR) is 99.0 cm³/mol. The predicted octanol–water partition coefficient (Wildman–Crippen LogP) is 2.43. The summed E-state index contributed by atoms with van der Waals surface area (Å²) in [6.07, 6.45) is -3.78. The van der Waals surface area contributed by atoms with Gasteiger partial charge in [0.15, 0.2) is 0 Å². The molecule has 11 heteroatoms. The largest absolute Gasteiger partial charge is 0.417 e. The maximum Gasteiger partial charge on any atom is 0.417 e. The Morgan fingerprint density at radius 2 is 1.70 bits per heavy atom. The zero-order valence-corrected chi connectivity index (χ0v) is 16.9. The summed E-state index contributed by atoms with van der Waals surface area (Å²) >= 11 is 0. The van der Waals surface area contributed by atoms with E-state index in [1.54, 1.807) is 0 Å². The average Bonchev–Trinajstić information content (AvgIpc) is 2.58. The summed E-state index contributed by atoms with van der Waals surface area (Å²) < 4.78 is 65.9. The second-order valence-corrected chi connectivity index (χ2v) is 7.70. The molecule has 0 aliphatic rings. The van der Waals surface area contributed by atoms with Gasteiger partial charge in [-0.1, -0.05) is 26.0 Å². The van der Waals surface area contributed by atoms with Crippen molar-refractivity contribution in [2.45, 2.75) is 56.3 Å². The van der Waals surface area contributed by atoms with Crippen LogP contribution in [0.3, 0.4) is 0 Å². The summed E-state index contributed by atoms with van der Waals surface area (Å²) in [4.78, 5) is 11.4. The third-order valence-corrected chi connectivity index (χ3v) is 5.94. The third kappa shape index (κ3) is 6.34. The summed E-state index contributed by atoms with van der Waals surface area (Å²) in [5, 5.41) is 2.69. The van der Waals surface area contributed by atoms with Crippen molar-refractivity contribution in [3.05, 3.63) is 29.8 Å². The first-order valence-corrected chi connectivity index (χ1v) is 9.61. The first-order chi connectivity index (χ1) is 11.9. The van der Waals surface area contributed by atoms with Crippen molar-refractivity contribution >= 4 is 28.3 Å². The van der Waals surface area contributed by atoms with E-state index in [1.165, 1.54) is 13.0 Å². The lowest BCUT2D eigenvalue weighted by Gasteiger charge is -2.32. The van der Waals surface area contributed by atoms with E-state index < -0.39 is 44.1 Å². The van der Waals surface area contributed by atoms with Crippen molar-refractivity contribution < 1.29 is 26.4 Å². The molecule has 0 heterocycles. The maximum atomic E-state index is 13.0. The molecule has 1 aromatic rings. The molecule has 0 radical (unpaired) electrons. The molecule has 0 fully saturated rings. The lowest BCUT2D eigenvalue weighted by molar-refractivity contribution is -0.139. The van der Waals surface area contributed by atoms with E-state index in [2.05, 4.69) is 5.32 Å². The summed E-state index contributed by atoms with van der Waals surface area (Å²) in [7, 11) is -4.56. The van der Waals surface area contributed by atoms with Crippen LogP contribution in [-0.2, 0) is 21.0 Å². The molecular formula is C16H25ClF3N3O3S. The fourth-order valence-electron chi connectivity index (χ4n) is 2.42. The molecular weight excluding hydrogens is 407 g/mol. The minimum absolute atomic E-state index is 0. The second-order valence-electron chi connectivity index (χ2n) is 6.02. The van der Waals surface area contributed by atoms with E-state index >= 15 is 0 Å². The molecule has 1 atom stereocenters. The van der Waals surface area contributed by atoms with Crippen LogP contribution >= 0.6 is 12.4 Å². The van der Waals surface area contributed by atoms with Gasteiger partial charge in [-0.05, 0) is 31.9 Å². The number of sulfonamides is 1. The Bertz CT molecular complexity index is 730. The highest BCUT2D eigenvalue weighted by atomic mass is 35.5. The van der Waals surface area contributed by atoms with E-state index in [4.69, 9.17) is 5.73 Å². The molecule has 0 bridgehead atoms. The number of halogens is 4. The summed E-state index contributed by atoms with van der Waals surface area (Å²) in [6.45, 7) is 5.06. The van der Waals surface area contributed by atoms with E-state index in [0.29, 0.717) is 18.9 Å². The SMILES string of the molecule is CCC(CC)(CN)NC(=O)C(C)NS(=O)(=O)c1ccccc1C(F)(F)F.Cl. The van der Waals surface area contributed by atoms with Gasteiger partial charge in [0.2, 0.25) is 15.9 Å². The van der Waals surface area contributed by atoms with Crippen LogP contribution in [0.2, 0.25) is 0 Å². The fraction of sp³-hybridized carbons (Fsp3) is 0.562. The van der Waals surface area contributed by atoms with Gasteiger partial charge in [-0.3, -0.25) is 4.79 Å². The van der Waals surface area contributed by atoms with Crippen molar-refractivity contribution in [2.75, 3.05) is 6.54 Å². The first kappa shape index (κ1) is 25.6. The number of benzene rings is 1. The number of amides is 1. The Hall–Kier alpha value is -1.36. The van der Waals surface area contributed by atoms with E-state index in [9.17, 15) is 26.4 Å². The minimum Gasteiger partial charge on any atom is -0.348 e. The zero-order chi connectivity index (χ0) is 20.2. The molecule has 0 aromatic heterocycles. The van der Waals surface area contributed by atoms with Gasteiger partial charge in [0, 0.05) is 6.54 Å². The van der Waals surface area contributed by atoms with Crippen LogP contribution in [0.15, 0.2) is 29.2 Å². The molecule has 0 aliphatic carbocycles. The van der Waals surface area contributed by atoms with Crippen LogP contribution in [-0.4, -0.2) is 32.5 Å². The quantitative estimate of drug-likeness (QED) is 0.588. The molecule has 1 aromatic carbocycles. The Morgan fingerprint density at radius 1 is 1.19 bits per heavy atom. The van der Waals surface area contributed by atoms with E-state index in [0.717, 1.165) is 12.1 Å². The molecule has 1 rings (SSSR count). The highest BCUT2D eigenvalue weighted by molar-refractivity contribution is 7.89. The Kier molecular flexibility index (Phi) is 9.23. The van der Waals surface area contributed by atoms with Gasteiger partial charge < -0.3 is 11.1 Å². The van der Waals surface area contributed by atoms with Crippen LogP contribution < -0.4 is 15.8 Å². The molecule has 1 amide bonds. The summed E-state index contributed by atoms with van der Waals surface area (Å²) in [6, 6.07) is 2.52. The number of carbonyl (C=O) groups excluding carboxylic acids is 1. The van der Waals surface area contributed by atoms with Crippen LogP contribution in [0.5, 0.6) is 0 Å². The highest BCUT2D eigenvalue weighted by Crippen LogP contribution is 2.33. The molecule has 156 valence electrons. The van der Waals surface area contributed by atoms with Gasteiger partial charge in [-0.15, -0.1) is 12.4 Å². The Morgan fingerprint density at radius 3 is 2.15 bits per heavy atom. The number of rotatable bonds is 8. The molecule has 1 unspecified atom stereocenters. The normalized spacial score (nSPS) is 13.6. The molecule has 0 spiro atoms. The average molecular weight is 432 g/mol. The Balaban J connectivity index is 0.00000676. The zero-order valence-electron chi connectivity index (χ0n) is 15.3. The molecule has 0 saturated carbocycles. The first-order valence-electron chi connectivity index (χ1n) is 8.13. The van der Waals surface area contributed by atoms with Gasteiger partial charge >= 0.3 is 6.18 Å². The molecule has 4 N–H and O–H groups in total. The Labute approximate surface area is 163 Å². The second kappa shape index (κ2) is 9.72. The fourth-order valence-corrected chi connectivity index (χ4v) is 3.85. The molecule has 6 nitrogen and oxygen atoms in total. The standard InChI is InChI=1S/C16H24F3N3O3S.ClH/c1-4-15(5-2,10-20)21-14(23)11(3)22-26(24,25)13-9-7-6-8-12(13)16(17,18)19;/h6-9,11,22H,4-5,10,20H2,1-3H3,(H,21,23);1H. The maximum absolute atomic E-state index is 13.0. The number of carbonyl (C=O) groups is 1. The molecule has 0 aliphatic heterocycles. The van der Waals surface area contributed by atoms with Crippen molar-refractivity contribution in [3.8, 4) is 0 Å². The van der Waals surface area contributed by atoms with Gasteiger partial charge in [-0.2, -0.15) is 17.9 Å². The van der Waals surface area contributed by atoms with Crippen molar-refractivity contribution in [1.82, 2.24) is 10.0 Å². The lowest BCUT2D eigenvalue weighted by Crippen LogP contribution is -2.57. The number of hydrogen-bond donors (Lipinski definition) is 3. The number of nitrogens with one attached hydrogen (secondary N) is 2. The third-order valence-electron chi connectivity index (χ3n) is 4.34.